The number of aromatic nitrogens is 5. The normalized spacial score (nSPS) is 23.3. The number of benzene rings is 1. The van der Waals surface area contributed by atoms with Crippen LogP contribution in [0.2, 0.25) is 0 Å². The average molecular weight is 471 g/mol. The van der Waals surface area contributed by atoms with Crippen LogP contribution < -0.4 is 0 Å². The summed E-state index contributed by atoms with van der Waals surface area (Å²) >= 11 is 5.32. The van der Waals surface area contributed by atoms with Crippen molar-refractivity contribution in [1.82, 2.24) is 29.9 Å². The van der Waals surface area contributed by atoms with Crippen LogP contribution in [0.1, 0.15) is 18.4 Å². The second-order valence-electron chi connectivity index (χ2n) is 8.00. The molecule has 0 radical (unpaired) electrons. The van der Waals surface area contributed by atoms with E-state index in [1.165, 1.54) is 25.1 Å². The molecule has 8 heteroatoms. The summed E-state index contributed by atoms with van der Waals surface area (Å²) in [4.78, 5) is 2.64. The zero-order valence-corrected chi connectivity index (χ0v) is 18.7. The van der Waals surface area contributed by atoms with Gasteiger partial charge in [-0.3, -0.25) is 0 Å². The Morgan fingerprint density at radius 3 is 2.83 bits per heavy atom. The van der Waals surface area contributed by atoms with Crippen LogP contribution in [0.4, 0.5) is 0 Å². The standard InChI is InChI=1S/C21H23BrN6S/c1-27-19(15-7-8-23-24-12-15)25-26-20(27)29-10-2-9-28-13-17-11-21(17,14-28)16-3-5-18(22)6-4-16/h3-8,12,17H,2,9-11,13-14H2,1H3/t17-,21-/m1/s1. The van der Waals surface area contributed by atoms with Crippen LogP contribution in [0.5, 0.6) is 0 Å². The van der Waals surface area contributed by atoms with Crippen molar-refractivity contribution in [2.75, 3.05) is 25.4 Å². The van der Waals surface area contributed by atoms with Crippen molar-refractivity contribution in [3.8, 4) is 11.4 Å². The maximum absolute atomic E-state index is 4.35. The van der Waals surface area contributed by atoms with Gasteiger partial charge >= 0.3 is 0 Å². The van der Waals surface area contributed by atoms with Gasteiger partial charge in [0.15, 0.2) is 11.0 Å². The van der Waals surface area contributed by atoms with E-state index in [4.69, 9.17) is 0 Å². The number of fused-ring (bicyclic) bond motifs is 1. The maximum atomic E-state index is 4.35. The second kappa shape index (κ2) is 7.81. The summed E-state index contributed by atoms with van der Waals surface area (Å²) in [5, 5.41) is 17.4. The molecule has 1 aliphatic heterocycles. The molecule has 1 saturated carbocycles. The van der Waals surface area contributed by atoms with Crippen molar-refractivity contribution in [3.63, 3.8) is 0 Å². The quantitative estimate of drug-likeness (QED) is 0.386. The Labute approximate surface area is 183 Å². The second-order valence-corrected chi connectivity index (χ2v) is 9.98. The van der Waals surface area contributed by atoms with Crippen LogP contribution in [-0.4, -0.2) is 55.2 Å². The van der Waals surface area contributed by atoms with Crippen molar-refractivity contribution >= 4 is 27.7 Å². The number of thioether (sulfide) groups is 1. The molecular weight excluding hydrogens is 448 g/mol. The van der Waals surface area contributed by atoms with E-state index < -0.39 is 0 Å². The molecular formula is C21H23BrN6S. The SMILES string of the molecule is Cn1c(SCCCN2C[C@H]3C[C@]3(c3ccc(Br)cc3)C2)nnc1-c1ccnnc1. The molecule has 3 aromatic rings. The summed E-state index contributed by atoms with van der Waals surface area (Å²) in [7, 11) is 2.01. The van der Waals surface area contributed by atoms with Crippen LogP contribution in [-0.2, 0) is 12.5 Å². The summed E-state index contributed by atoms with van der Waals surface area (Å²) < 4.78 is 3.20. The van der Waals surface area contributed by atoms with Gasteiger partial charge in [0.1, 0.15) is 0 Å². The van der Waals surface area contributed by atoms with Gasteiger partial charge < -0.3 is 9.47 Å². The number of halogens is 1. The number of likely N-dealkylation sites (tertiary alicyclic amines) is 1. The minimum absolute atomic E-state index is 0.422. The largest absolute Gasteiger partial charge is 0.305 e. The van der Waals surface area contributed by atoms with Gasteiger partial charge in [-0.05, 0) is 49.1 Å². The van der Waals surface area contributed by atoms with Crippen LogP contribution >= 0.6 is 27.7 Å². The van der Waals surface area contributed by atoms with E-state index >= 15 is 0 Å². The molecule has 2 aromatic heterocycles. The van der Waals surface area contributed by atoms with Crippen molar-refractivity contribution in [3.05, 3.63) is 52.8 Å². The molecule has 2 aliphatic rings. The first-order valence-electron chi connectivity index (χ1n) is 9.93. The number of hydrogen-bond donors (Lipinski definition) is 0. The van der Waals surface area contributed by atoms with Gasteiger partial charge in [-0.15, -0.1) is 10.2 Å². The predicted octanol–water partition coefficient (Wildman–Crippen LogP) is 3.79. The smallest absolute Gasteiger partial charge is 0.191 e. The Bertz CT molecular complexity index is 992. The molecule has 0 unspecified atom stereocenters. The van der Waals surface area contributed by atoms with Gasteiger partial charge in [-0.25, -0.2) is 0 Å². The highest BCUT2D eigenvalue weighted by atomic mass is 79.9. The fraction of sp³-hybridized carbons (Fsp3) is 0.429. The monoisotopic (exact) mass is 470 g/mol. The molecule has 2 atom stereocenters. The summed E-state index contributed by atoms with van der Waals surface area (Å²) in [6.07, 6.45) is 5.91. The minimum Gasteiger partial charge on any atom is -0.305 e. The lowest BCUT2D eigenvalue weighted by atomic mass is 9.95. The highest BCUT2D eigenvalue weighted by Gasteiger charge is 2.60. The lowest BCUT2D eigenvalue weighted by Crippen LogP contribution is -2.27. The zero-order chi connectivity index (χ0) is 19.8. The van der Waals surface area contributed by atoms with Gasteiger partial charge in [0.25, 0.3) is 0 Å². The van der Waals surface area contributed by atoms with E-state index in [9.17, 15) is 0 Å². The minimum atomic E-state index is 0.422. The topological polar surface area (TPSA) is 59.7 Å². The Morgan fingerprint density at radius 2 is 2.03 bits per heavy atom. The third-order valence-corrected chi connectivity index (χ3v) is 7.80. The summed E-state index contributed by atoms with van der Waals surface area (Å²) in [6.45, 7) is 3.59. The lowest BCUT2D eigenvalue weighted by molar-refractivity contribution is 0.299. The number of nitrogens with zero attached hydrogens (tertiary/aromatic N) is 6. The van der Waals surface area contributed by atoms with E-state index in [1.54, 1.807) is 24.2 Å². The fourth-order valence-corrected chi connectivity index (χ4v) is 5.65. The Hall–Kier alpha value is -1.77. The average Bonchev–Trinajstić information content (AvgIpc) is 3.11. The van der Waals surface area contributed by atoms with Crippen molar-refractivity contribution in [2.24, 2.45) is 13.0 Å². The molecule has 29 heavy (non-hydrogen) atoms. The van der Waals surface area contributed by atoms with Gasteiger partial charge in [0.05, 0.1) is 12.4 Å². The zero-order valence-electron chi connectivity index (χ0n) is 16.3. The van der Waals surface area contributed by atoms with Crippen LogP contribution in [0.3, 0.4) is 0 Å². The van der Waals surface area contributed by atoms with Gasteiger partial charge in [-0.2, -0.15) is 10.2 Å². The summed E-state index contributed by atoms with van der Waals surface area (Å²) in [6, 6.07) is 10.9. The molecule has 0 bridgehead atoms. The van der Waals surface area contributed by atoms with E-state index in [1.807, 2.05) is 17.7 Å². The Kier molecular flexibility index (Phi) is 5.17. The van der Waals surface area contributed by atoms with E-state index in [2.05, 4.69) is 65.5 Å². The molecule has 6 nitrogen and oxygen atoms in total. The number of hydrogen-bond acceptors (Lipinski definition) is 6. The third kappa shape index (κ3) is 3.73. The van der Waals surface area contributed by atoms with Crippen LogP contribution in [0.15, 0.2) is 52.4 Å². The first kappa shape index (κ1) is 19.2. The van der Waals surface area contributed by atoms with E-state index in [0.717, 1.165) is 45.7 Å². The highest BCUT2D eigenvalue weighted by molar-refractivity contribution is 9.10. The fourth-order valence-electron chi connectivity index (χ4n) is 4.55. The van der Waals surface area contributed by atoms with Crippen LogP contribution in [0, 0.1) is 5.92 Å². The summed E-state index contributed by atoms with van der Waals surface area (Å²) in [5.41, 5.74) is 2.88. The molecule has 150 valence electrons. The van der Waals surface area contributed by atoms with Crippen molar-refractivity contribution in [1.29, 1.82) is 0 Å². The van der Waals surface area contributed by atoms with Crippen LogP contribution in [0.25, 0.3) is 11.4 Å². The highest BCUT2D eigenvalue weighted by Crippen LogP contribution is 2.59. The molecule has 3 heterocycles. The number of piperidine rings is 1. The molecule has 0 amide bonds. The Morgan fingerprint density at radius 1 is 1.17 bits per heavy atom. The Balaban J connectivity index is 1.12. The number of rotatable bonds is 7. The van der Waals surface area contributed by atoms with Crippen molar-refractivity contribution < 1.29 is 0 Å². The molecule has 1 saturated heterocycles. The van der Waals surface area contributed by atoms with Gasteiger partial charge in [0.2, 0.25) is 0 Å². The van der Waals surface area contributed by atoms with E-state index in [-0.39, 0.29) is 0 Å². The molecule has 1 aliphatic carbocycles. The maximum Gasteiger partial charge on any atom is 0.191 e. The summed E-state index contributed by atoms with van der Waals surface area (Å²) in [5.74, 6) is 2.72. The molecule has 0 N–H and O–H groups in total. The molecule has 1 aromatic carbocycles. The van der Waals surface area contributed by atoms with Gasteiger partial charge in [-0.1, -0.05) is 39.8 Å². The lowest BCUT2D eigenvalue weighted by Gasteiger charge is -2.21. The van der Waals surface area contributed by atoms with Gasteiger partial charge in [0, 0.05) is 41.3 Å². The van der Waals surface area contributed by atoms with Crippen molar-refractivity contribution in [2.45, 2.75) is 23.4 Å². The molecule has 0 spiro atoms. The molecule has 5 rings (SSSR count). The van der Waals surface area contributed by atoms with E-state index in [0.29, 0.717) is 5.41 Å². The third-order valence-electron chi connectivity index (χ3n) is 6.16. The predicted molar refractivity (Wildman–Crippen MR) is 118 cm³/mol. The first-order chi connectivity index (χ1) is 14.2. The first-order valence-corrected chi connectivity index (χ1v) is 11.7. The molecule has 2 fully saturated rings.